The third-order valence-corrected chi connectivity index (χ3v) is 2.28. The third-order valence-electron chi connectivity index (χ3n) is 2.28. The zero-order valence-corrected chi connectivity index (χ0v) is 12.0. The van der Waals surface area contributed by atoms with Crippen LogP contribution < -0.4 is 25.4 Å². The normalized spacial score (nSPS) is 10.2. The van der Waals surface area contributed by atoms with E-state index in [4.69, 9.17) is 19.9 Å². The molecule has 0 spiro atoms. The van der Waals surface area contributed by atoms with Gasteiger partial charge in [0.15, 0.2) is 18.1 Å². The molecule has 0 fully saturated rings. The van der Waals surface area contributed by atoms with Gasteiger partial charge in [0.05, 0.1) is 20.4 Å². The molecule has 2 amide bonds. The zero-order valence-electron chi connectivity index (χ0n) is 12.0. The topological polar surface area (TPSA) is 112 Å². The molecule has 0 saturated heterocycles. The van der Waals surface area contributed by atoms with Gasteiger partial charge in [-0.2, -0.15) is 5.10 Å². The number of rotatable bonds is 7. The van der Waals surface area contributed by atoms with Crippen LogP contribution in [0.4, 0.5) is 0 Å². The molecule has 1 aromatic carbocycles. The summed E-state index contributed by atoms with van der Waals surface area (Å²) >= 11 is 0. The van der Waals surface area contributed by atoms with Gasteiger partial charge in [0.2, 0.25) is 11.7 Å². The van der Waals surface area contributed by atoms with Gasteiger partial charge in [-0.05, 0) is 12.1 Å². The first-order chi connectivity index (χ1) is 9.97. The fourth-order valence-electron chi connectivity index (χ4n) is 1.46. The Hall–Kier alpha value is -2.77. The fraction of sp³-hybridized carbons (Fsp3) is 0.308. The molecule has 0 aromatic heterocycles. The van der Waals surface area contributed by atoms with Gasteiger partial charge in [0, 0.05) is 12.5 Å². The van der Waals surface area contributed by atoms with Crippen LogP contribution in [-0.4, -0.2) is 38.9 Å². The van der Waals surface area contributed by atoms with Crippen LogP contribution in [0.25, 0.3) is 0 Å². The number of primary amides is 1. The number of methoxy groups -OCH3 is 2. The molecule has 8 heteroatoms. The Labute approximate surface area is 121 Å². The van der Waals surface area contributed by atoms with Gasteiger partial charge in [-0.15, -0.1) is 0 Å². The van der Waals surface area contributed by atoms with Crippen LogP contribution in [0.3, 0.4) is 0 Å². The largest absolute Gasteiger partial charge is 0.493 e. The number of nitrogens with zero attached hydrogens (tertiary/aromatic N) is 1. The van der Waals surface area contributed by atoms with E-state index in [0.29, 0.717) is 17.1 Å². The molecule has 8 nitrogen and oxygen atoms in total. The third kappa shape index (κ3) is 5.01. The van der Waals surface area contributed by atoms with Crippen LogP contribution in [0.2, 0.25) is 0 Å². The Morgan fingerprint density at radius 1 is 1.29 bits per heavy atom. The highest BCUT2D eigenvalue weighted by Gasteiger charge is 2.14. The molecule has 0 saturated carbocycles. The molecule has 0 unspecified atom stereocenters. The van der Waals surface area contributed by atoms with Crippen LogP contribution >= 0.6 is 0 Å². The Bertz CT molecular complexity index is 532. The van der Waals surface area contributed by atoms with Gasteiger partial charge in [-0.25, -0.2) is 5.43 Å². The molecule has 114 valence electrons. The standard InChI is InChI=1S/C13H17N3O5/c1-8(17)16-15-6-9-4-10(19-2)13(11(5-9)20-3)21-7-12(14)18/h4-6H,7H2,1-3H3,(H2,14,18)(H,16,17)/b15-6-. The Balaban J connectivity index is 3.07. The minimum Gasteiger partial charge on any atom is -0.493 e. The van der Waals surface area contributed by atoms with E-state index in [1.54, 1.807) is 12.1 Å². The van der Waals surface area contributed by atoms with Crippen molar-refractivity contribution < 1.29 is 23.8 Å². The van der Waals surface area contributed by atoms with Crippen LogP contribution in [0.1, 0.15) is 12.5 Å². The average molecular weight is 295 g/mol. The molecule has 3 N–H and O–H groups in total. The number of hydrogen-bond acceptors (Lipinski definition) is 6. The van der Waals surface area contributed by atoms with E-state index in [-0.39, 0.29) is 18.3 Å². The van der Waals surface area contributed by atoms with Gasteiger partial charge < -0.3 is 19.9 Å². The summed E-state index contributed by atoms with van der Waals surface area (Å²) in [5.74, 6) is 0.0530. The molecule has 0 heterocycles. The molecule has 0 aliphatic heterocycles. The summed E-state index contributed by atoms with van der Waals surface area (Å²) in [7, 11) is 2.89. The van der Waals surface area contributed by atoms with Crippen molar-refractivity contribution in [1.29, 1.82) is 0 Å². The predicted molar refractivity (Wildman–Crippen MR) is 75.6 cm³/mol. The second-order valence-corrected chi connectivity index (χ2v) is 3.94. The predicted octanol–water partition coefficient (Wildman–Crippen LogP) is 0.0379. The van der Waals surface area contributed by atoms with Crippen molar-refractivity contribution in [1.82, 2.24) is 5.43 Å². The molecule has 0 bridgehead atoms. The highest BCUT2D eigenvalue weighted by molar-refractivity contribution is 5.84. The zero-order chi connectivity index (χ0) is 15.8. The first-order valence-corrected chi connectivity index (χ1v) is 5.94. The molecular formula is C13H17N3O5. The first-order valence-electron chi connectivity index (χ1n) is 5.94. The van der Waals surface area contributed by atoms with Gasteiger partial charge in [0.25, 0.3) is 5.91 Å². The number of carbonyl (C=O) groups excluding carboxylic acids is 2. The summed E-state index contributed by atoms with van der Waals surface area (Å²) in [5, 5.41) is 3.75. The summed E-state index contributed by atoms with van der Waals surface area (Å²) in [4.78, 5) is 21.5. The van der Waals surface area contributed by atoms with E-state index in [1.165, 1.54) is 27.4 Å². The van der Waals surface area contributed by atoms with E-state index in [2.05, 4.69) is 10.5 Å². The lowest BCUT2D eigenvalue weighted by molar-refractivity contribution is -0.120. The SMILES string of the molecule is COc1cc(/C=N\NC(C)=O)cc(OC)c1OCC(N)=O. The molecule has 1 aromatic rings. The molecule has 0 aliphatic carbocycles. The maximum absolute atomic E-state index is 10.8. The first kappa shape index (κ1) is 16.3. The number of nitrogens with two attached hydrogens (primary N) is 1. The number of ether oxygens (including phenoxy) is 3. The fourth-order valence-corrected chi connectivity index (χ4v) is 1.46. The minimum absolute atomic E-state index is 0.260. The summed E-state index contributed by atoms with van der Waals surface area (Å²) in [6, 6.07) is 3.23. The number of amides is 2. The number of nitrogens with one attached hydrogen (secondary N) is 1. The smallest absolute Gasteiger partial charge is 0.255 e. The average Bonchev–Trinajstić information content (AvgIpc) is 2.44. The Morgan fingerprint density at radius 3 is 2.29 bits per heavy atom. The lowest BCUT2D eigenvalue weighted by Gasteiger charge is -2.14. The van der Waals surface area contributed by atoms with Gasteiger partial charge in [-0.1, -0.05) is 0 Å². The molecule has 21 heavy (non-hydrogen) atoms. The summed E-state index contributed by atoms with van der Waals surface area (Å²) < 4.78 is 15.6. The van der Waals surface area contributed by atoms with Crippen LogP contribution in [0.5, 0.6) is 17.2 Å². The molecule has 0 aliphatic rings. The maximum Gasteiger partial charge on any atom is 0.255 e. The van der Waals surface area contributed by atoms with Crippen molar-refractivity contribution in [2.75, 3.05) is 20.8 Å². The summed E-state index contributed by atoms with van der Waals surface area (Å²) in [5.41, 5.74) is 7.94. The summed E-state index contributed by atoms with van der Waals surface area (Å²) in [6.45, 7) is 1.05. The highest BCUT2D eigenvalue weighted by atomic mass is 16.5. The van der Waals surface area contributed by atoms with E-state index in [9.17, 15) is 9.59 Å². The highest BCUT2D eigenvalue weighted by Crippen LogP contribution is 2.38. The Kier molecular flexibility index (Phi) is 5.99. The van der Waals surface area contributed by atoms with Gasteiger partial charge in [-0.3, -0.25) is 9.59 Å². The van der Waals surface area contributed by atoms with Gasteiger partial charge >= 0.3 is 0 Å². The van der Waals surface area contributed by atoms with E-state index >= 15 is 0 Å². The quantitative estimate of drug-likeness (QED) is 0.544. The molecule has 1 rings (SSSR count). The van der Waals surface area contributed by atoms with Crippen LogP contribution in [0.15, 0.2) is 17.2 Å². The molecule has 0 radical (unpaired) electrons. The van der Waals surface area contributed by atoms with Crippen molar-refractivity contribution in [2.45, 2.75) is 6.92 Å². The number of hydrogen-bond donors (Lipinski definition) is 2. The lowest BCUT2D eigenvalue weighted by Crippen LogP contribution is -2.20. The van der Waals surface area contributed by atoms with Crippen molar-refractivity contribution in [3.8, 4) is 17.2 Å². The number of carbonyl (C=O) groups is 2. The van der Waals surface area contributed by atoms with Crippen molar-refractivity contribution in [3.63, 3.8) is 0 Å². The number of hydrazone groups is 1. The Morgan fingerprint density at radius 2 is 1.86 bits per heavy atom. The van der Waals surface area contributed by atoms with E-state index in [0.717, 1.165) is 0 Å². The van der Waals surface area contributed by atoms with Crippen LogP contribution in [-0.2, 0) is 9.59 Å². The number of benzene rings is 1. The molecule has 0 atom stereocenters. The van der Waals surface area contributed by atoms with E-state index < -0.39 is 5.91 Å². The lowest BCUT2D eigenvalue weighted by atomic mass is 10.2. The second-order valence-electron chi connectivity index (χ2n) is 3.94. The summed E-state index contributed by atoms with van der Waals surface area (Å²) in [6.07, 6.45) is 1.42. The second kappa shape index (κ2) is 7.73. The minimum atomic E-state index is -0.615. The van der Waals surface area contributed by atoms with E-state index in [1.807, 2.05) is 0 Å². The van der Waals surface area contributed by atoms with Crippen molar-refractivity contribution in [2.24, 2.45) is 10.8 Å². The van der Waals surface area contributed by atoms with Gasteiger partial charge in [0.1, 0.15) is 0 Å². The van der Waals surface area contributed by atoms with Crippen molar-refractivity contribution in [3.05, 3.63) is 17.7 Å². The monoisotopic (exact) mass is 295 g/mol. The van der Waals surface area contributed by atoms with Crippen molar-refractivity contribution >= 4 is 18.0 Å². The maximum atomic E-state index is 10.8. The van der Waals surface area contributed by atoms with Crippen LogP contribution in [0, 0.1) is 0 Å². The molecular weight excluding hydrogens is 278 g/mol.